The van der Waals surface area contributed by atoms with E-state index in [0.717, 1.165) is 21.7 Å². The number of aryl methyl sites for hydroxylation is 3. The van der Waals surface area contributed by atoms with Gasteiger partial charge < -0.3 is 4.40 Å². The second kappa shape index (κ2) is 5.28. The molecule has 0 aliphatic rings. The lowest BCUT2D eigenvalue weighted by Crippen LogP contribution is -2.29. The molecular weight excluding hydrogens is 364 g/mol. The molecule has 0 amide bonds. The van der Waals surface area contributed by atoms with Crippen LogP contribution in [-0.4, -0.2) is 4.40 Å². The Morgan fingerprint density at radius 2 is 1.70 bits per heavy atom. The number of rotatable bonds is 0. The average molecular weight is 389 g/mol. The van der Waals surface area contributed by atoms with Crippen molar-refractivity contribution in [3.63, 3.8) is 0 Å². The highest BCUT2D eigenvalue weighted by Gasteiger charge is 2.24. The van der Waals surface area contributed by atoms with Crippen molar-refractivity contribution in [3.05, 3.63) is 84.1 Å². The van der Waals surface area contributed by atoms with Crippen molar-refractivity contribution >= 4 is 59.8 Å². The van der Waals surface area contributed by atoms with E-state index in [0.29, 0.717) is 5.56 Å². The van der Waals surface area contributed by atoms with Crippen molar-refractivity contribution in [2.75, 3.05) is 0 Å². The fourth-order valence-corrected chi connectivity index (χ4v) is 5.45. The van der Waals surface area contributed by atoms with Gasteiger partial charge in [0.05, 0.1) is 27.3 Å². The van der Waals surface area contributed by atoms with Crippen LogP contribution in [0, 0.1) is 13.8 Å². The molecule has 2 heteroatoms. The standard InChI is InChI=1S/C28H21N2/c1-16-8-10-18-15-24-26-20(22(18)14-16)12-13-29(3)28(26)25-17(2)9-11-21-19-6-4-5-7-23(19)30(24)27(21)25/h4-15H,1-3H3/q+1/i1D3. The van der Waals surface area contributed by atoms with E-state index in [2.05, 4.69) is 77.7 Å². The van der Waals surface area contributed by atoms with Gasteiger partial charge in [-0.15, -0.1) is 0 Å². The highest BCUT2D eigenvalue weighted by Crippen LogP contribution is 2.42. The summed E-state index contributed by atoms with van der Waals surface area (Å²) < 4.78 is 28.4. The van der Waals surface area contributed by atoms with Gasteiger partial charge in [-0.3, -0.25) is 0 Å². The number of hydrogen-bond acceptors (Lipinski definition) is 0. The zero-order valence-corrected chi connectivity index (χ0v) is 16.8. The van der Waals surface area contributed by atoms with E-state index < -0.39 is 6.85 Å². The first-order valence-electron chi connectivity index (χ1n) is 11.8. The Hall–Kier alpha value is -3.65. The molecule has 0 fully saturated rings. The normalized spacial score (nSPS) is 14.4. The molecule has 4 aromatic carbocycles. The summed E-state index contributed by atoms with van der Waals surface area (Å²) >= 11 is 0. The Morgan fingerprint density at radius 1 is 0.800 bits per heavy atom. The minimum absolute atomic E-state index is 0.376. The highest BCUT2D eigenvalue weighted by atomic mass is 15.0. The van der Waals surface area contributed by atoms with Crippen molar-refractivity contribution in [3.8, 4) is 0 Å². The van der Waals surface area contributed by atoms with Gasteiger partial charge in [0.2, 0.25) is 5.52 Å². The van der Waals surface area contributed by atoms with Crippen LogP contribution >= 0.6 is 0 Å². The lowest BCUT2D eigenvalue weighted by Gasteiger charge is -2.14. The zero-order valence-electron chi connectivity index (χ0n) is 19.8. The molecule has 0 saturated heterocycles. The van der Waals surface area contributed by atoms with Crippen LogP contribution in [0.4, 0.5) is 0 Å². The molecular formula is C28H21N2+. The first-order chi connectivity index (χ1) is 15.8. The lowest BCUT2D eigenvalue weighted by molar-refractivity contribution is -0.643. The number of fused-ring (bicyclic) bond motifs is 7. The van der Waals surface area contributed by atoms with Crippen molar-refractivity contribution in [2.45, 2.75) is 13.8 Å². The Bertz CT molecular complexity index is 1930. The minimum Gasteiger partial charge on any atom is -0.307 e. The van der Waals surface area contributed by atoms with E-state index in [9.17, 15) is 0 Å². The van der Waals surface area contributed by atoms with E-state index in [4.69, 9.17) is 4.11 Å². The third-order valence-corrected chi connectivity index (χ3v) is 6.74. The summed E-state index contributed by atoms with van der Waals surface area (Å²) in [6.45, 7) is 0.0406. The number of hydrogen-bond donors (Lipinski definition) is 0. The maximum Gasteiger partial charge on any atom is 0.224 e. The Labute approximate surface area is 178 Å². The van der Waals surface area contributed by atoms with E-state index in [1.807, 2.05) is 12.1 Å². The molecule has 30 heavy (non-hydrogen) atoms. The van der Waals surface area contributed by atoms with E-state index in [1.165, 1.54) is 43.7 Å². The van der Waals surface area contributed by atoms with Gasteiger partial charge in [-0.2, -0.15) is 0 Å². The van der Waals surface area contributed by atoms with Crippen molar-refractivity contribution in [1.29, 1.82) is 0 Å². The Kier molecular flexibility index (Phi) is 2.39. The topological polar surface area (TPSA) is 8.29 Å². The maximum atomic E-state index is 7.92. The lowest BCUT2D eigenvalue weighted by atomic mass is 9.95. The van der Waals surface area contributed by atoms with Crippen molar-refractivity contribution in [1.82, 2.24) is 4.40 Å². The van der Waals surface area contributed by atoms with Gasteiger partial charge in [-0.25, -0.2) is 4.57 Å². The smallest absolute Gasteiger partial charge is 0.224 e. The molecule has 0 atom stereocenters. The summed E-state index contributed by atoms with van der Waals surface area (Å²) in [5.74, 6) is 0. The molecule has 7 aromatic rings. The summed E-state index contributed by atoms with van der Waals surface area (Å²) in [6, 6.07) is 22.9. The highest BCUT2D eigenvalue weighted by molar-refractivity contribution is 6.29. The molecule has 0 aliphatic heterocycles. The van der Waals surface area contributed by atoms with E-state index in [1.54, 1.807) is 6.07 Å². The van der Waals surface area contributed by atoms with E-state index in [-0.39, 0.29) is 0 Å². The summed E-state index contributed by atoms with van der Waals surface area (Å²) in [6.07, 6.45) is 2.10. The number of nitrogens with zero attached hydrogens (tertiary/aromatic N) is 2. The molecule has 3 aromatic heterocycles. The van der Waals surface area contributed by atoms with Crippen LogP contribution in [0.2, 0.25) is 0 Å². The zero-order chi connectivity index (χ0) is 22.6. The van der Waals surface area contributed by atoms with Gasteiger partial charge in [0, 0.05) is 26.3 Å². The van der Waals surface area contributed by atoms with Crippen LogP contribution < -0.4 is 4.57 Å². The fraction of sp³-hybridized carbons (Fsp3) is 0.107. The van der Waals surface area contributed by atoms with Crippen LogP contribution in [0.1, 0.15) is 15.2 Å². The van der Waals surface area contributed by atoms with Crippen LogP contribution in [0.5, 0.6) is 0 Å². The van der Waals surface area contributed by atoms with Crippen molar-refractivity contribution < 1.29 is 8.68 Å². The number of pyridine rings is 2. The van der Waals surface area contributed by atoms with Gasteiger partial charge >= 0.3 is 0 Å². The molecule has 0 aliphatic carbocycles. The molecule has 0 radical (unpaired) electrons. The number of benzene rings is 4. The quantitative estimate of drug-likeness (QED) is 0.157. The number of para-hydroxylation sites is 1. The summed E-state index contributed by atoms with van der Waals surface area (Å²) in [4.78, 5) is 0. The second-order valence-corrected chi connectivity index (χ2v) is 8.40. The van der Waals surface area contributed by atoms with Crippen LogP contribution in [-0.2, 0) is 7.05 Å². The molecule has 0 N–H and O–H groups in total. The van der Waals surface area contributed by atoms with Crippen LogP contribution in [0.25, 0.3) is 59.8 Å². The molecule has 0 saturated carbocycles. The molecule has 3 heterocycles. The SMILES string of the molecule is [2H]C([2H])([2H])c1ccc2cc3c4c(cc[n+](C)c4c4c(C)ccc5c6ccccc6n3c54)c2c1. The van der Waals surface area contributed by atoms with Crippen LogP contribution in [0.3, 0.4) is 0 Å². The first kappa shape index (κ1) is 13.6. The summed E-state index contributed by atoms with van der Waals surface area (Å²) in [5, 5.41) is 8.03. The molecule has 0 unspecified atom stereocenters. The van der Waals surface area contributed by atoms with Gasteiger partial charge in [-0.05, 0) is 42.2 Å². The maximum absolute atomic E-state index is 7.92. The fourth-order valence-electron chi connectivity index (χ4n) is 5.45. The van der Waals surface area contributed by atoms with Crippen LogP contribution in [0.15, 0.2) is 72.9 Å². The monoisotopic (exact) mass is 388 g/mol. The predicted octanol–water partition coefficient (Wildman–Crippen LogP) is 6.58. The summed E-state index contributed by atoms with van der Waals surface area (Å²) in [7, 11) is 2.10. The Balaban J connectivity index is 1.87. The third-order valence-electron chi connectivity index (χ3n) is 6.74. The molecule has 0 bridgehead atoms. The summed E-state index contributed by atoms with van der Waals surface area (Å²) in [5.41, 5.74) is 6.37. The van der Waals surface area contributed by atoms with Gasteiger partial charge in [0.25, 0.3) is 0 Å². The molecule has 7 rings (SSSR count). The first-order valence-corrected chi connectivity index (χ1v) is 10.3. The second-order valence-electron chi connectivity index (χ2n) is 8.40. The van der Waals surface area contributed by atoms with Gasteiger partial charge in [-0.1, -0.05) is 54.1 Å². The van der Waals surface area contributed by atoms with E-state index >= 15 is 0 Å². The minimum atomic E-state index is -2.13. The van der Waals surface area contributed by atoms with Gasteiger partial charge in [0.15, 0.2) is 6.20 Å². The number of aromatic nitrogens is 2. The molecule has 0 spiro atoms. The molecule has 142 valence electrons. The van der Waals surface area contributed by atoms with Crippen molar-refractivity contribution in [2.24, 2.45) is 7.05 Å². The predicted molar refractivity (Wildman–Crippen MR) is 127 cm³/mol. The third kappa shape index (κ3) is 1.78. The average Bonchev–Trinajstić information content (AvgIpc) is 3.13. The Morgan fingerprint density at radius 3 is 2.60 bits per heavy atom. The largest absolute Gasteiger partial charge is 0.307 e. The molecule has 2 nitrogen and oxygen atoms in total. The van der Waals surface area contributed by atoms with Gasteiger partial charge in [0.1, 0.15) is 7.05 Å².